The number of rotatable bonds is 10. The largest absolute Gasteiger partial charge is 0.339 e. The summed E-state index contributed by atoms with van der Waals surface area (Å²) < 4.78 is 1.98. The van der Waals surface area contributed by atoms with Crippen molar-refractivity contribution in [2.75, 3.05) is 19.6 Å². The van der Waals surface area contributed by atoms with E-state index in [0.29, 0.717) is 24.2 Å². The Labute approximate surface area is 233 Å². The quantitative estimate of drug-likeness (QED) is 0.357. The third kappa shape index (κ3) is 6.30. The summed E-state index contributed by atoms with van der Waals surface area (Å²) in [6.45, 7) is 8.77. The lowest BCUT2D eigenvalue weighted by molar-refractivity contribution is 0.0647. The Hall–Kier alpha value is -3.09. The molecule has 0 unspecified atom stereocenters. The van der Waals surface area contributed by atoms with Crippen LogP contribution in [0.5, 0.6) is 0 Å². The van der Waals surface area contributed by atoms with Crippen LogP contribution in [0.3, 0.4) is 0 Å². The zero-order chi connectivity index (χ0) is 26.4. The first-order valence-corrected chi connectivity index (χ1v) is 13.6. The fraction of sp³-hybridized carbons (Fsp3) is 0.419. The summed E-state index contributed by atoms with van der Waals surface area (Å²) in [6.07, 6.45) is 6.74. The smallest absolute Gasteiger partial charge is 0.256 e. The van der Waals surface area contributed by atoms with Gasteiger partial charge in [-0.05, 0) is 55.5 Å². The lowest BCUT2D eigenvalue weighted by Crippen LogP contribution is -2.48. The number of halogens is 1. The monoisotopic (exact) mass is 536 g/mol. The fourth-order valence-corrected chi connectivity index (χ4v) is 5.20. The van der Waals surface area contributed by atoms with Crippen molar-refractivity contribution in [1.82, 2.24) is 14.4 Å². The minimum absolute atomic E-state index is 0. The van der Waals surface area contributed by atoms with Crippen molar-refractivity contribution in [2.45, 2.75) is 65.5 Å². The SMILES string of the molecule is CCCCN(CCCC)C(=O)c1cc(C)n(-c2ccccc2C(=O)N2Cc3ccccc3C[C@H]2CN)c1.Cl. The number of amides is 2. The predicted octanol–water partition coefficient (Wildman–Crippen LogP) is 5.78. The molecule has 2 amide bonds. The molecule has 2 heterocycles. The Morgan fingerprint density at radius 3 is 2.26 bits per heavy atom. The van der Waals surface area contributed by atoms with Gasteiger partial charge in [-0.25, -0.2) is 0 Å². The molecule has 0 bridgehead atoms. The van der Waals surface area contributed by atoms with E-state index in [4.69, 9.17) is 5.73 Å². The molecule has 204 valence electrons. The molecule has 0 saturated carbocycles. The van der Waals surface area contributed by atoms with Crippen molar-refractivity contribution in [2.24, 2.45) is 5.73 Å². The number of carbonyl (C=O) groups is 2. The van der Waals surface area contributed by atoms with Crippen LogP contribution >= 0.6 is 12.4 Å². The van der Waals surface area contributed by atoms with Gasteiger partial charge in [0, 0.05) is 44.1 Å². The van der Waals surface area contributed by atoms with Gasteiger partial charge in [0.1, 0.15) is 0 Å². The number of carbonyl (C=O) groups excluding carboxylic acids is 2. The molecule has 0 spiro atoms. The maximum atomic E-state index is 14.0. The van der Waals surface area contributed by atoms with Crippen LogP contribution in [0.2, 0.25) is 0 Å². The zero-order valence-electron chi connectivity index (χ0n) is 22.9. The number of para-hydroxylation sites is 1. The molecule has 38 heavy (non-hydrogen) atoms. The summed E-state index contributed by atoms with van der Waals surface area (Å²) in [5.74, 6) is 0.0254. The molecular weight excluding hydrogens is 496 g/mol. The van der Waals surface area contributed by atoms with Crippen molar-refractivity contribution in [1.29, 1.82) is 0 Å². The first kappa shape index (κ1) is 29.5. The highest BCUT2D eigenvalue weighted by atomic mass is 35.5. The first-order chi connectivity index (χ1) is 18.0. The van der Waals surface area contributed by atoms with Crippen LogP contribution in [0.4, 0.5) is 0 Å². The van der Waals surface area contributed by atoms with Gasteiger partial charge in [-0.15, -0.1) is 12.4 Å². The highest BCUT2D eigenvalue weighted by Crippen LogP contribution is 2.27. The van der Waals surface area contributed by atoms with Gasteiger partial charge in [-0.1, -0.05) is 63.1 Å². The second-order valence-electron chi connectivity index (χ2n) is 10.1. The van der Waals surface area contributed by atoms with Crippen molar-refractivity contribution in [3.05, 3.63) is 88.7 Å². The first-order valence-electron chi connectivity index (χ1n) is 13.6. The Morgan fingerprint density at radius 2 is 1.61 bits per heavy atom. The van der Waals surface area contributed by atoms with Gasteiger partial charge in [0.05, 0.1) is 16.8 Å². The third-order valence-electron chi connectivity index (χ3n) is 7.39. The molecule has 6 nitrogen and oxygen atoms in total. The number of aryl methyl sites for hydroxylation is 1. The molecule has 2 N–H and O–H groups in total. The summed E-state index contributed by atoms with van der Waals surface area (Å²) >= 11 is 0. The van der Waals surface area contributed by atoms with E-state index >= 15 is 0 Å². The van der Waals surface area contributed by atoms with Gasteiger partial charge >= 0.3 is 0 Å². The van der Waals surface area contributed by atoms with Crippen molar-refractivity contribution >= 4 is 24.2 Å². The lowest BCUT2D eigenvalue weighted by Gasteiger charge is -2.36. The summed E-state index contributed by atoms with van der Waals surface area (Å²) in [4.78, 5) is 31.3. The van der Waals surface area contributed by atoms with Crippen molar-refractivity contribution in [3.8, 4) is 5.69 Å². The molecular formula is C31H41ClN4O2. The molecule has 1 aliphatic rings. The number of fused-ring (bicyclic) bond motifs is 1. The van der Waals surface area contributed by atoms with E-state index in [0.717, 1.165) is 56.6 Å². The van der Waals surface area contributed by atoms with E-state index in [-0.39, 0.29) is 30.3 Å². The van der Waals surface area contributed by atoms with Gasteiger partial charge in [0.15, 0.2) is 0 Å². The minimum atomic E-state index is -0.0518. The second kappa shape index (κ2) is 13.6. The molecule has 0 fully saturated rings. The van der Waals surface area contributed by atoms with Gasteiger partial charge < -0.3 is 20.1 Å². The van der Waals surface area contributed by atoms with Crippen LogP contribution in [0.1, 0.15) is 77.1 Å². The molecule has 1 aromatic heterocycles. The normalized spacial score (nSPS) is 14.5. The lowest BCUT2D eigenvalue weighted by atomic mass is 9.93. The minimum Gasteiger partial charge on any atom is -0.339 e. The van der Waals surface area contributed by atoms with E-state index in [2.05, 4.69) is 26.0 Å². The van der Waals surface area contributed by atoms with E-state index < -0.39 is 0 Å². The third-order valence-corrected chi connectivity index (χ3v) is 7.39. The summed E-state index contributed by atoms with van der Waals surface area (Å²) in [5, 5.41) is 0. The van der Waals surface area contributed by atoms with Gasteiger partial charge in [0.2, 0.25) is 0 Å². The second-order valence-corrected chi connectivity index (χ2v) is 10.1. The van der Waals surface area contributed by atoms with Crippen LogP contribution in [-0.4, -0.2) is 51.9 Å². The summed E-state index contributed by atoms with van der Waals surface area (Å²) in [5.41, 5.74) is 11.6. The van der Waals surface area contributed by atoms with Crippen LogP contribution in [0, 0.1) is 6.92 Å². The molecule has 2 aromatic carbocycles. The number of hydrogen-bond acceptors (Lipinski definition) is 3. The molecule has 0 radical (unpaired) electrons. The van der Waals surface area contributed by atoms with Crippen LogP contribution in [-0.2, 0) is 13.0 Å². The molecule has 1 aliphatic heterocycles. The molecule has 0 aliphatic carbocycles. The topological polar surface area (TPSA) is 71.6 Å². The number of nitrogens with two attached hydrogens (primary N) is 1. The maximum Gasteiger partial charge on any atom is 0.256 e. The van der Waals surface area contributed by atoms with E-state index in [1.54, 1.807) is 0 Å². The average Bonchev–Trinajstić information content (AvgIpc) is 3.32. The number of nitrogens with zero attached hydrogens (tertiary/aromatic N) is 3. The fourth-order valence-electron chi connectivity index (χ4n) is 5.20. The van der Waals surface area contributed by atoms with Gasteiger partial charge in [-0.3, -0.25) is 9.59 Å². The van der Waals surface area contributed by atoms with Crippen LogP contribution in [0.25, 0.3) is 5.69 Å². The van der Waals surface area contributed by atoms with E-state index in [1.807, 2.05) is 70.0 Å². The summed E-state index contributed by atoms with van der Waals surface area (Å²) in [7, 11) is 0. The van der Waals surface area contributed by atoms with Gasteiger partial charge in [-0.2, -0.15) is 0 Å². The van der Waals surface area contributed by atoms with Crippen molar-refractivity contribution < 1.29 is 9.59 Å². The predicted molar refractivity (Wildman–Crippen MR) is 156 cm³/mol. The standard InChI is InChI=1S/C31H40N4O2.ClH/c1-4-6-16-33(17-7-5-2)30(36)26-18-23(3)34(22-26)29-15-11-10-14-28(29)31(37)35-21-25-13-9-8-12-24(25)19-27(35)20-32;/h8-15,18,22,27H,4-7,16-17,19-21,32H2,1-3H3;1H/t27-;/m0./s1. The highest BCUT2D eigenvalue weighted by molar-refractivity contribution is 5.99. The number of unbranched alkanes of at least 4 members (excludes halogenated alkanes) is 2. The Morgan fingerprint density at radius 1 is 0.974 bits per heavy atom. The average molecular weight is 537 g/mol. The van der Waals surface area contributed by atoms with E-state index in [9.17, 15) is 9.59 Å². The van der Waals surface area contributed by atoms with Gasteiger partial charge in [0.25, 0.3) is 11.8 Å². The molecule has 0 saturated heterocycles. The molecule has 7 heteroatoms. The Balaban J connectivity index is 0.00000400. The zero-order valence-corrected chi connectivity index (χ0v) is 23.7. The molecule has 4 rings (SSSR count). The summed E-state index contributed by atoms with van der Waals surface area (Å²) in [6, 6.07) is 17.8. The van der Waals surface area contributed by atoms with Crippen molar-refractivity contribution in [3.63, 3.8) is 0 Å². The van der Waals surface area contributed by atoms with E-state index in [1.165, 1.54) is 11.1 Å². The van der Waals surface area contributed by atoms with Crippen LogP contribution in [0.15, 0.2) is 60.8 Å². The van der Waals surface area contributed by atoms with Crippen LogP contribution < -0.4 is 5.73 Å². The highest BCUT2D eigenvalue weighted by Gasteiger charge is 2.31. The maximum absolute atomic E-state index is 14.0. The Bertz CT molecular complexity index is 1230. The molecule has 3 aromatic rings. The number of aromatic nitrogens is 1. The number of hydrogen-bond donors (Lipinski definition) is 1. The molecule has 1 atom stereocenters. The number of benzene rings is 2. The Kier molecular flexibility index (Phi) is 10.6.